The summed E-state index contributed by atoms with van der Waals surface area (Å²) >= 11 is 0. The molecule has 2 heteroatoms. The summed E-state index contributed by atoms with van der Waals surface area (Å²) in [6, 6.07) is 10.5. The number of para-hydroxylation sites is 1. The summed E-state index contributed by atoms with van der Waals surface area (Å²) < 4.78 is 0. The third-order valence-corrected chi connectivity index (χ3v) is 5.84. The van der Waals surface area contributed by atoms with Crippen molar-refractivity contribution in [1.82, 2.24) is 4.98 Å². The zero-order valence-electron chi connectivity index (χ0n) is 12.2. The number of rotatable bonds is 1. The summed E-state index contributed by atoms with van der Waals surface area (Å²) in [7, 11) is 0. The molecule has 4 fully saturated rings. The van der Waals surface area contributed by atoms with Crippen molar-refractivity contribution in [3.8, 4) is 0 Å². The Hall–Kier alpha value is -1.70. The van der Waals surface area contributed by atoms with E-state index in [0.717, 1.165) is 34.9 Å². The fourth-order valence-electron chi connectivity index (χ4n) is 5.17. The molecule has 0 aliphatic heterocycles. The molecule has 1 aromatic carbocycles. The number of aliphatic imine (C=N–C) groups is 1. The molecule has 4 aliphatic rings. The monoisotopic (exact) mass is 276 g/mol. The van der Waals surface area contributed by atoms with E-state index in [0.29, 0.717) is 0 Å². The van der Waals surface area contributed by atoms with E-state index in [1.807, 2.05) is 12.3 Å². The number of hydrogen-bond donors (Lipinski definition) is 0. The van der Waals surface area contributed by atoms with Crippen LogP contribution in [-0.2, 0) is 0 Å². The molecule has 1 heterocycles. The van der Waals surface area contributed by atoms with E-state index < -0.39 is 0 Å². The molecule has 0 unspecified atom stereocenters. The largest absolute Gasteiger partial charge is 0.255 e. The van der Waals surface area contributed by atoms with Crippen LogP contribution in [-0.4, -0.2) is 10.7 Å². The molecular formula is C19H20N2. The van der Waals surface area contributed by atoms with E-state index in [4.69, 9.17) is 4.99 Å². The fraction of sp³-hybridized carbons (Fsp3) is 0.474. The van der Waals surface area contributed by atoms with Crippen molar-refractivity contribution < 1.29 is 0 Å². The Morgan fingerprint density at radius 2 is 1.57 bits per heavy atom. The van der Waals surface area contributed by atoms with E-state index in [-0.39, 0.29) is 0 Å². The molecule has 0 saturated heterocycles. The first kappa shape index (κ1) is 11.9. The Balaban J connectivity index is 1.61. The fourth-order valence-corrected chi connectivity index (χ4v) is 5.17. The van der Waals surface area contributed by atoms with Crippen molar-refractivity contribution >= 4 is 22.3 Å². The maximum Gasteiger partial charge on any atom is 0.0958 e. The number of nitrogens with zero attached hydrogens (tertiary/aromatic N) is 2. The lowest BCUT2D eigenvalue weighted by molar-refractivity contribution is 0.109. The second kappa shape index (κ2) is 4.40. The lowest BCUT2D eigenvalue weighted by Crippen LogP contribution is -2.45. The van der Waals surface area contributed by atoms with Gasteiger partial charge in [-0.2, -0.15) is 0 Å². The first-order chi connectivity index (χ1) is 10.4. The van der Waals surface area contributed by atoms with Crippen LogP contribution in [0.1, 0.15) is 32.1 Å². The van der Waals surface area contributed by atoms with Gasteiger partial charge in [-0.3, -0.25) is 9.98 Å². The Labute approximate surface area is 125 Å². The van der Waals surface area contributed by atoms with Crippen LogP contribution in [0.2, 0.25) is 0 Å². The van der Waals surface area contributed by atoms with Gasteiger partial charge < -0.3 is 0 Å². The normalized spacial score (nSPS) is 33.6. The van der Waals surface area contributed by atoms with Gasteiger partial charge in [0.25, 0.3) is 0 Å². The molecule has 0 N–H and O–H groups in total. The maximum atomic E-state index is 5.14. The lowest BCUT2D eigenvalue weighted by Gasteiger charge is -2.50. The first-order valence-corrected chi connectivity index (χ1v) is 8.29. The topological polar surface area (TPSA) is 25.2 Å². The van der Waals surface area contributed by atoms with Gasteiger partial charge in [-0.1, -0.05) is 18.2 Å². The van der Waals surface area contributed by atoms with Crippen molar-refractivity contribution in [2.75, 3.05) is 0 Å². The zero-order valence-corrected chi connectivity index (χ0v) is 12.2. The number of aromatic nitrogens is 1. The van der Waals surface area contributed by atoms with E-state index in [9.17, 15) is 0 Å². The number of pyridine rings is 1. The molecule has 2 aromatic rings. The van der Waals surface area contributed by atoms with Crippen LogP contribution in [0.3, 0.4) is 0 Å². The van der Waals surface area contributed by atoms with Crippen LogP contribution in [0.5, 0.6) is 0 Å². The molecule has 1 aromatic heterocycles. The average molecular weight is 276 g/mol. The Bertz CT molecular complexity index is 696. The number of benzene rings is 1. The summed E-state index contributed by atoms with van der Waals surface area (Å²) in [4.78, 5) is 9.70. The van der Waals surface area contributed by atoms with Crippen LogP contribution >= 0.6 is 0 Å². The van der Waals surface area contributed by atoms with Crippen molar-refractivity contribution in [3.05, 3.63) is 36.5 Å². The minimum Gasteiger partial charge on any atom is -0.255 e. The predicted molar refractivity (Wildman–Crippen MR) is 85.9 cm³/mol. The Kier molecular flexibility index (Phi) is 2.49. The summed E-state index contributed by atoms with van der Waals surface area (Å²) in [5.41, 5.74) is 3.64. The smallest absolute Gasteiger partial charge is 0.0958 e. The third kappa shape index (κ3) is 1.85. The maximum absolute atomic E-state index is 5.14. The SMILES string of the molecule is c1cnc2c(N=C3C4CC5CC(C4)CC3C5)cccc2c1. The van der Waals surface area contributed by atoms with Crippen molar-refractivity contribution in [2.45, 2.75) is 32.1 Å². The minimum absolute atomic E-state index is 0.764. The molecule has 4 saturated carbocycles. The van der Waals surface area contributed by atoms with Crippen LogP contribution < -0.4 is 0 Å². The molecule has 0 spiro atoms. The molecule has 0 atom stereocenters. The van der Waals surface area contributed by atoms with Gasteiger partial charge in [0.1, 0.15) is 0 Å². The third-order valence-electron chi connectivity index (χ3n) is 5.84. The summed E-state index contributed by atoms with van der Waals surface area (Å²) in [6.07, 6.45) is 8.95. The van der Waals surface area contributed by atoms with Gasteiger partial charge in [-0.25, -0.2) is 0 Å². The molecule has 21 heavy (non-hydrogen) atoms. The molecule has 106 valence electrons. The number of fused-ring (bicyclic) bond motifs is 1. The van der Waals surface area contributed by atoms with Gasteiger partial charge in [0.05, 0.1) is 11.2 Å². The molecule has 2 nitrogen and oxygen atoms in total. The van der Waals surface area contributed by atoms with Crippen molar-refractivity contribution in [1.29, 1.82) is 0 Å². The van der Waals surface area contributed by atoms with Gasteiger partial charge in [0.2, 0.25) is 0 Å². The molecular weight excluding hydrogens is 256 g/mol. The molecule has 0 amide bonds. The highest BCUT2D eigenvalue weighted by Gasteiger charge is 2.46. The number of hydrogen-bond acceptors (Lipinski definition) is 2. The molecule has 6 rings (SSSR count). The molecule has 4 bridgehead atoms. The summed E-state index contributed by atoms with van der Waals surface area (Å²) in [6.45, 7) is 0. The lowest BCUT2D eigenvalue weighted by atomic mass is 9.55. The van der Waals surface area contributed by atoms with Gasteiger partial charge >= 0.3 is 0 Å². The quantitative estimate of drug-likeness (QED) is 0.737. The highest BCUT2D eigenvalue weighted by molar-refractivity contribution is 5.97. The highest BCUT2D eigenvalue weighted by Crippen LogP contribution is 2.52. The van der Waals surface area contributed by atoms with E-state index >= 15 is 0 Å². The van der Waals surface area contributed by atoms with Gasteiger partial charge in [0, 0.05) is 17.3 Å². The summed E-state index contributed by atoms with van der Waals surface area (Å²) in [5, 5.41) is 1.20. The Morgan fingerprint density at radius 1 is 0.857 bits per heavy atom. The van der Waals surface area contributed by atoms with Crippen LogP contribution in [0.25, 0.3) is 10.9 Å². The van der Waals surface area contributed by atoms with E-state index in [1.165, 1.54) is 43.2 Å². The molecule has 0 radical (unpaired) electrons. The van der Waals surface area contributed by atoms with Crippen LogP contribution in [0, 0.1) is 23.7 Å². The van der Waals surface area contributed by atoms with E-state index in [2.05, 4.69) is 29.2 Å². The van der Waals surface area contributed by atoms with Crippen LogP contribution in [0.15, 0.2) is 41.5 Å². The Morgan fingerprint density at radius 3 is 2.33 bits per heavy atom. The zero-order chi connectivity index (χ0) is 13.8. The molecule has 4 aliphatic carbocycles. The van der Waals surface area contributed by atoms with Crippen LogP contribution in [0.4, 0.5) is 5.69 Å². The predicted octanol–water partition coefficient (Wildman–Crippen LogP) is 4.76. The van der Waals surface area contributed by atoms with Gasteiger partial charge in [0.15, 0.2) is 0 Å². The second-order valence-electron chi connectivity index (χ2n) is 7.19. The van der Waals surface area contributed by atoms with E-state index in [1.54, 1.807) is 0 Å². The van der Waals surface area contributed by atoms with Crippen molar-refractivity contribution in [3.63, 3.8) is 0 Å². The highest BCUT2D eigenvalue weighted by atomic mass is 14.8. The average Bonchev–Trinajstić information content (AvgIpc) is 2.50. The minimum atomic E-state index is 0.764. The summed E-state index contributed by atoms with van der Waals surface area (Å²) in [5.74, 6) is 3.52. The second-order valence-corrected chi connectivity index (χ2v) is 7.19. The van der Waals surface area contributed by atoms with Gasteiger partial charge in [-0.15, -0.1) is 0 Å². The standard InChI is InChI=1S/C19H20N2/c1-3-14-4-2-6-20-19(14)17(5-1)21-18-15-8-12-7-13(10-15)11-16(18)9-12/h1-6,12-13,15-16H,7-11H2. The van der Waals surface area contributed by atoms with Gasteiger partial charge in [-0.05, 0) is 67.9 Å². The van der Waals surface area contributed by atoms with Crippen molar-refractivity contribution in [2.24, 2.45) is 28.7 Å². The first-order valence-electron chi connectivity index (χ1n) is 8.29.